The highest BCUT2D eigenvalue weighted by atomic mass is 31.2. The lowest BCUT2D eigenvalue weighted by molar-refractivity contribution is 0.151. The molecular weight excluding hydrogens is 363 g/mol. The van der Waals surface area contributed by atoms with Gasteiger partial charge in [0.15, 0.2) is 0 Å². The molecule has 0 bridgehead atoms. The molecule has 0 heterocycles. The molecule has 27 heavy (non-hydrogen) atoms. The third kappa shape index (κ3) is 4.92. The highest BCUT2D eigenvalue weighted by molar-refractivity contribution is 7.53. The maximum Gasteiger partial charge on any atom is 0.368 e. The van der Waals surface area contributed by atoms with Crippen molar-refractivity contribution < 1.29 is 24.2 Å². The normalized spacial score (nSPS) is 12.5. The Morgan fingerprint density at radius 2 is 1.63 bits per heavy atom. The van der Waals surface area contributed by atoms with Crippen molar-refractivity contribution >= 4 is 7.60 Å². The summed E-state index contributed by atoms with van der Waals surface area (Å²) in [5.41, 5.74) is 5.14. The van der Waals surface area contributed by atoms with Crippen molar-refractivity contribution in [2.75, 3.05) is 0 Å². The zero-order valence-corrected chi connectivity index (χ0v) is 17.7. The van der Waals surface area contributed by atoms with Crippen molar-refractivity contribution in [3.8, 4) is 11.5 Å². The van der Waals surface area contributed by atoms with E-state index in [1.54, 1.807) is 6.07 Å². The van der Waals surface area contributed by atoms with E-state index in [2.05, 4.69) is 0 Å². The monoisotopic (exact) mass is 392 g/mol. The second-order valence-corrected chi connectivity index (χ2v) is 10.0. The molecule has 3 N–H and O–H groups in total. The maximum atomic E-state index is 11.6. The maximum absolute atomic E-state index is 11.6. The third-order valence-electron chi connectivity index (χ3n) is 4.83. The van der Waals surface area contributed by atoms with Crippen LogP contribution in [0.4, 0.5) is 0 Å². The Labute approximate surface area is 161 Å². The molecule has 0 aliphatic rings. The first-order valence-electron chi connectivity index (χ1n) is 8.98. The summed E-state index contributed by atoms with van der Waals surface area (Å²) < 4.78 is 17.2. The highest BCUT2D eigenvalue weighted by Gasteiger charge is 2.40. The predicted octanol–water partition coefficient (Wildman–Crippen LogP) is 5.02. The van der Waals surface area contributed by atoms with Crippen molar-refractivity contribution in [2.45, 2.75) is 59.2 Å². The quantitative estimate of drug-likeness (QED) is 0.601. The minimum absolute atomic E-state index is 0.234. The van der Waals surface area contributed by atoms with Crippen LogP contribution < -0.4 is 4.74 Å². The van der Waals surface area contributed by atoms with E-state index in [4.69, 9.17) is 4.74 Å². The molecule has 2 aromatic carbocycles. The lowest BCUT2D eigenvalue weighted by Gasteiger charge is -2.27. The molecule has 0 spiro atoms. The van der Waals surface area contributed by atoms with Crippen LogP contribution in [0.2, 0.25) is 0 Å². The second kappa shape index (κ2) is 7.67. The number of rotatable bonds is 6. The fourth-order valence-corrected chi connectivity index (χ4v) is 3.24. The van der Waals surface area contributed by atoms with Crippen molar-refractivity contribution in [3.05, 3.63) is 58.1 Å². The fourth-order valence-electron chi connectivity index (χ4n) is 3.02. The molecule has 0 unspecified atom stereocenters. The average Bonchev–Trinajstić information content (AvgIpc) is 2.50. The lowest BCUT2D eigenvalue weighted by atomic mass is 9.93. The van der Waals surface area contributed by atoms with Crippen LogP contribution in [-0.4, -0.2) is 20.2 Å². The number of aromatic hydroxyl groups is 1. The van der Waals surface area contributed by atoms with E-state index in [9.17, 15) is 19.5 Å². The Hall–Kier alpha value is -1.81. The summed E-state index contributed by atoms with van der Waals surface area (Å²) in [6, 6.07) is 9.30. The van der Waals surface area contributed by atoms with E-state index in [-0.39, 0.29) is 5.92 Å². The van der Waals surface area contributed by atoms with Crippen molar-refractivity contribution in [3.63, 3.8) is 0 Å². The molecule has 0 aromatic heterocycles. The van der Waals surface area contributed by atoms with E-state index in [1.165, 1.54) is 13.8 Å². The molecule has 0 saturated carbocycles. The molecule has 0 saturated heterocycles. The van der Waals surface area contributed by atoms with Gasteiger partial charge in [0, 0.05) is 0 Å². The van der Waals surface area contributed by atoms with Gasteiger partial charge in [-0.05, 0) is 86.1 Å². The van der Waals surface area contributed by atoms with Crippen molar-refractivity contribution in [1.29, 1.82) is 0 Å². The third-order valence-corrected chi connectivity index (χ3v) is 6.33. The minimum Gasteiger partial charge on any atom is -0.508 e. The molecule has 6 heteroatoms. The van der Waals surface area contributed by atoms with Crippen LogP contribution in [0, 0.1) is 13.8 Å². The Kier molecular flexibility index (Phi) is 6.10. The Balaban J connectivity index is 2.33. The predicted molar refractivity (Wildman–Crippen MR) is 108 cm³/mol. The number of aryl methyl sites for hydroxylation is 2. The van der Waals surface area contributed by atoms with Crippen LogP contribution in [0.25, 0.3) is 0 Å². The topological polar surface area (TPSA) is 87.0 Å². The van der Waals surface area contributed by atoms with Crippen LogP contribution >= 0.6 is 7.60 Å². The summed E-state index contributed by atoms with van der Waals surface area (Å²) >= 11 is 0. The zero-order valence-electron chi connectivity index (χ0n) is 16.8. The van der Waals surface area contributed by atoms with E-state index in [0.29, 0.717) is 17.9 Å². The minimum atomic E-state index is -4.40. The molecule has 2 rings (SSSR count). The summed E-state index contributed by atoms with van der Waals surface area (Å²) in [5.74, 6) is 0.985. The average molecular weight is 392 g/mol. The van der Waals surface area contributed by atoms with Crippen LogP contribution in [-0.2, 0) is 11.0 Å². The summed E-state index contributed by atoms with van der Waals surface area (Å²) in [5, 5.41) is 8.42. The first-order valence-corrected chi connectivity index (χ1v) is 10.6. The van der Waals surface area contributed by atoms with E-state index < -0.39 is 12.9 Å². The van der Waals surface area contributed by atoms with E-state index >= 15 is 0 Å². The SMILES string of the molecule is Cc1cc(OC(C)(C)P(=O)(O)O)cc(C)c1Cc1ccc(O)c(C(C)C)c1. The van der Waals surface area contributed by atoms with Gasteiger partial charge in [-0.15, -0.1) is 0 Å². The lowest BCUT2D eigenvalue weighted by Crippen LogP contribution is -2.28. The summed E-state index contributed by atoms with van der Waals surface area (Å²) in [7, 11) is -4.40. The first-order chi connectivity index (χ1) is 12.3. The van der Waals surface area contributed by atoms with Gasteiger partial charge in [-0.3, -0.25) is 4.57 Å². The standard InChI is InChI=1S/C21H29O5P/c1-13(2)18-11-16(7-8-20(18)22)12-19-14(3)9-17(10-15(19)4)26-21(5,6)27(23,24)25/h7-11,13,22H,12H2,1-6H3,(H2,23,24,25). The molecule has 5 nitrogen and oxygen atoms in total. The number of ether oxygens (including phenoxy) is 1. The number of benzene rings is 2. The summed E-state index contributed by atoms with van der Waals surface area (Å²) in [4.78, 5) is 18.9. The molecular formula is C21H29O5P. The smallest absolute Gasteiger partial charge is 0.368 e. The van der Waals surface area contributed by atoms with Gasteiger partial charge >= 0.3 is 7.60 Å². The van der Waals surface area contributed by atoms with Gasteiger partial charge in [0.1, 0.15) is 11.5 Å². The van der Waals surface area contributed by atoms with Crippen molar-refractivity contribution in [1.82, 2.24) is 0 Å². The fraction of sp³-hybridized carbons (Fsp3) is 0.429. The van der Waals surface area contributed by atoms with Gasteiger partial charge in [0.05, 0.1) is 0 Å². The molecule has 0 fully saturated rings. The molecule has 148 valence electrons. The Bertz CT molecular complexity index is 857. The first kappa shape index (κ1) is 21.5. The molecule has 0 aliphatic carbocycles. The zero-order chi connectivity index (χ0) is 20.6. The van der Waals surface area contributed by atoms with E-state index in [1.807, 2.05) is 52.0 Å². The van der Waals surface area contributed by atoms with Crippen LogP contribution in [0.1, 0.15) is 61.4 Å². The van der Waals surface area contributed by atoms with Gasteiger partial charge in [-0.25, -0.2) is 0 Å². The Morgan fingerprint density at radius 3 is 2.11 bits per heavy atom. The Morgan fingerprint density at radius 1 is 1.07 bits per heavy atom. The van der Waals surface area contributed by atoms with Crippen LogP contribution in [0.3, 0.4) is 0 Å². The van der Waals surface area contributed by atoms with Gasteiger partial charge in [0.2, 0.25) is 5.34 Å². The highest BCUT2D eigenvalue weighted by Crippen LogP contribution is 2.50. The van der Waals surface area contributed by atoms with Crippen LogP contribution in [0.15, 0.2) is 30.3 Å². The number of phenols is 1. The van der Waals surface area contributed by atoms with Gasteiger partial charge in [-0.1, -0.05) is 26.0 Å². The van der Waals surface area contributed by atoms with Gasteiger partial charge in [0.25, 0.3) is 0 Å². The molecule has 0 amide bonds. The largest absolute Gasteiger partial charge is 0.508 e. The summed E-state index contributed by atoms with van der Waals surface area (Å²) in [6.07, 6.45) is 0.708. The van der Waals surface area contributed by atoms with Gasteiger partial charge in [-0.2, -0.15) is 0 Å². The molecule has 2 aromatic rings. The second-order valence-electron chi connectivity index (χ2n) is 7.85. The van der Waals surface area contributed by atoms with E-state index in [0.717, 1.165) is 27.8 Å². The van der Waals surface area contributed by atoms with Crippen LogP contribution in [0.5, 0.6) is 11.5 Å². The molecule has 0 radical (unpaired) electrons. The van der Waals surface area contributed by atoms with Gasteiger partial charge < -0.3 is 19.6 Å². The molecule has 0 atom stereocenters. The number of hydrogen-bond donors (Lipinski definition) is 3. The molecule has 0 aliphatic heterocycles. The number of phenolic OH excluding ortho intramolecular Hbond substituents is 1. The number of hydrogen-bond acceptors (Lipinski definition) is 3. The van der Waals surface area contributed by atoms with Crippen molar-refractivity contribution in [2.24, 2.45) is 0 Å². The summed E-state index contributed by atoms with van der Waals surface area (Å²) in [6.45, 7) is 10.8.